The van der Waals surface area contributed by atoms with E-state index in [9.17, 15) is 0 Å². The summed E-state index contributed by atoms with van der Waals surface area (Å²) in [5, 5.41) is 10.1. The van der Waals surface area contributed by atoms with Crippen LogP contribution in [0.1, 0.15) is 18.7 Å². The Hall–Kier alpha value is -3.73. The van der Waals surface area contributed by atoms with E-state index in [0.717, 1.165) is 25.4 Å². The molecule has 1 aliphatic heterocycles. The number of pyridine rings is 1. The number of hydrogen-bond acceptors (Lipinski definition) is 9. The molecule has 5 rings (SSSR count). The van der Waals surface area contributed by atoms with Crippen molar-refractivity contribution in [3.8, 4) is 17.3 Å². The predicted octanol–water partition coefficient (Wildman–Crippen LogP) is 2.02. The molecule has 0 amide bonds. The third-order valence-corrected chi connectivity index (χ3v) is 5.20. The maximum atomic E-state index is 5.98. The molecule has 4 aromatic rings. The van der Waals surface area contributed by atoms with Gasteiger partial charge in [0.15, 0.2) is 11.6 Å². The Kier molecular flexibility index (Phi) is 5.08. The van der Waals surface area contributed by atoms with E-state index in [1.807, 2.05) is 28.8 Å². The molecule has 1 saturated heterocycles. The topological polar surface area (TPSA) is 135 Å². The number of anilines is 3. The Bertz CT molecular complexity index is 1160. The molecule has 0 bridgehead atoms. The van der Waals surface area contributed by atoms with Crippen LogP contribution in [0.4, 0.5) is 17.6 Å². The molecule has 160 valence electrons. The number of likely N-dealkylation sites (tertiary alicyclic amines) is 1. The number of hydrogen-bond donors (Lipinski definition) is 3. The molecule has 0 aliphatic carbocycles. The summed E-state index contributed by atoms with van der Waals surface area (Å²) < 4.78 is 7.89. The minimum absolute atomic E-state index is 0.159. The summed E-state index contributed by atoms with van der Waals surface area (Å²) in [6.07, 6.45) is 6.11. The second-order valence-corrected chi connectivity index (χ2v) is 7.46. The molecule has 0 radical (unpaired) electrons. The molecule has 1 aliphatic rings. The SMILES string of the molecule is Cc1nc(N)nc(-c2c(Nc3ccn[nH]3)nc3cc(OCCN4CCCC4)ccn23)n1. The lowest BCUT2D eigenvalue weighted by atomic mass is 10.3. The van der Waals surface area contributed by atoms with Crippen molar-refractivity contribution in [3.63, 3.8) is 0 Å². The number of rotatable bonds is 7. The maximum absolute atomic E-state index is 5.98. The highest BCUT2D eigenvalue weighted by Crippen LogP contribution is 2.30. The molecule has 11 nitrogen and oxygen atoms in total. The number of H-pyrrole nitrogens is 1. The van der Waals surface area contributed by atoms with Gasteiger partial charge >= 0.3 is 0 Å². The lowest BCUT2D eigenvalue weighted by Gasteiger charge is -2.14. The average molecular weight is 420 g/mol. The Morgan fingerprint density at radius 2 is 2.03 bits per heavy atom. The molecule has 5 heterocycles. The molecule has 0 unspecified atom stereocenters. The van der Waals surface area contributed by atoms with Crippen molar-refractivity contribution >= 4 is 23.2 Å². The van der Waals surface area contributed by atoms with Crippen molar-refractivity contribution in [2.24, 2.45) is 0 Å². The summed E-state index contributed by atoms with van der Waals surface area (Å²) in [7, 11) is 0. The van der Waals surface area contributed by atoms with E-state index >= 15 is 0 Å². The molecule has 31 heavy (non-hydrogen) atoms. The van der Waals surface area contributed by atoms with E-state index in [0.29, 0.717) is 41.2 Å². The number of ether oxygens (including phenoxy) is 1. The molecule has 11 heteroatoms. The van der Waals surface area contributed by atoms with Crippen LogP contribution < -0.4 is 15.8 Å². The summed E-state index contributed by atoms with van der Waals surface area (Å²) in [4.78, 5) is 20.0. The molecule has 4 aromatic heterocycles. The third-order valence-electron chi connectivity index (χ3n) is 5.20. The lowest BCUT2D eigenvalue weighted by molar-refractivity contribution is 0.238. The van der Waals surface area contributed by atoms with Gasteiger partial charge in [-0.15, -0.1) is 0 Å². The average Bonchev–Trinajstić information content (AvgIpc) is 3.48. The quantitative estimate of drug-likeness (QED) is 0.410. The largest absolute Gasteiger partial charge is 0.492 e. The van der Waals surface area contributed by atoms with Gasteiger partial charge in [0.2, 0.25) is 5.95 Å². The molecule has 4 N–H and O–H groups in total. The van der Waals surface area contributed by atoms with Crippen LogP contribution in [0.3, 0.4) is 0 Å². The van der Waals surface area contributed by atoms with Gasteiger partial charge in [-0.2, -0.15) is 15.1 Å². The Morgan fingerprint density at radius 3 is 2.81 bits per heavy atom. The second-order valence-electron chi connectivity index (χ2n) is 7.46. The number of nitrogen functional groups attached to an aromatic ring is 1. The van der Waals surface area contributed by atoms with Crippen molar-refractivity contribution in [2.45, 2.75) is 19.8 Å². The van der Waals surface area contributed by atoms with E-state index in [1.165, 1.54) is 12.8 Å². The van der Waals surface area contributed by atoms with E-state index in [-0.39, 0.29) is 5.95 Å². The predicted molar refractivity (Wildman–Crippen MR) is 116 cm³/mol. The fourth-order valence-corrected chi connectivity index (χ4v) is 3.78. The number of aromatic nitrogens is 7. The Morgan fingerprint density at radius 1 is 1.16 bits per heavy atom. The number of nitrogens with one attached hydrogen (secondary N) is 2. The van der Waals surface area contributed by atoms with Gasteiger partial charge in [-0.3, -0.25) is 14.4 Å². The van der Waals surface area contributed by atoms with Crippen LogP contribution in [0.2, 0.25) is 0 Å². The summed E-state index contributed by atoms with van der Waals surface area (Å²) in [6.45, 7) is 5.67. The minimum atomic E-state index is 0.159. The maximum Gasteiger partial charge on any atom is 0.223 e. The zero-order valence-corrected chi connectivity index (χ0v) is 17.2. The number of nitrogens with two attached hydrogens (primary N) is 1. The molecule has 0 atom stereocenters. The van der Waals surface area contributed by atoms with Gasteiger partial charge in [-0.05, 0) is 38.9 Å². The van der Waals surface area contributed by atoms with E-state index in [1.54, 1.807) is 13.1 Å². The van der Waals surface area contributed by atoms with Crippen molar-refractivity contribution in [1.82, 2.24) is 39.4 Å². The number of fused-ring (bicyclic) bond motifs is 1. The van der Waals surface area contributed by atoms with Gasteiger partial charge in [0, 0.05) is 24.9 Å². The first-order valence-electron chi connectivity index (χ1n) is 10.3. The summed E-state index contributed by atoms with van der Waals surface area (Å²) in [5.74, 6) is 3.16. The molecular weight excluding hydrogens is 396 g/mol. The smallest absolute Gasteiger partial charge is 0.223 e. The van der Waals surface area contributed by atoms with Crippen molar-refractivity contribution < 1.29 is 4.74 Å². The van der Waals surface area contributed by atoms with Crippen molar-refractivity contribution in [3.05, 3.63) is 36.4 Å². The van der Waals surface area contributed by atoms with Gasteiger partial charge in [-0.1, -0.05) is 0 Å². The van der Waals surface area contributed by atoms with Crippen molar-refractivity contribution in [1.29, 1.82) is 0 Å². The van der Waals surface area contributed by atoms with Crippen molar-refractivity contribution in [2.75, 3.05) is 37.3 Å². The number of nitrogens with zero attached hydrogens (tertiary/aromatic N) is 7. The van der Waals surface area contributed by atoms with Gasteiger partial charge in [0.25, 0.3) is 0 Å². The Labute approximate surface area is 178 Å². The van der Waals surface area contributed by atoms with Crippen LogP contribution in [0, 0.1) is 6.92 Å². The molecule has 0 spiro atoms. The van der Waals surface area contributed by atoms with Gasteiger partial charge in [-0.25, -0.2) is 9.97 Å². The van der Waals surface area contributed by atoms with Crippen LogP contribution in [0.25, 0.3) is 17.2 Å². The highest BCUT2D eigenvalue weighted by atomic mass is 16.5. The zero-order chi connectivity index (χ0) is 21.2. The van der Waals surface area contributed by atoms with Gasteiger partial charge in [0.1, 0.15) is 35.3 Å². The van der Waals surface area contributed by atoms with E-state index in [4.69, 9.17) is 15.5 Å². The fraction of sp³-hybridized carbons (Fsp3) is 0.350. The third kappa shape index (κ3) is 4.12. The first-order valence-corrected chi connectivity index (χ1v) is 10.3. The lowest BCUT2D eigenvalue weighted by Crippen LogP contribution is -2.25. The first kappa shape index (κ1) is 19.2. The highest BCUT2D eigenvalue weighted by molar-refractivity contribution is 5.76. The summed E-state index contributed by atoms with van der Waals surface area (Å²) >= 11 is 0. The molecule has 0 aromatic carbocycles. The summed E-state index contributed by atoms with van der Waals surface area (Å²) in [6, 6.07) is 5.64. The number of aromatic amines is 1. The van der Waals surface area contributed by atoms with Crippen LogP contribution in [-0.2, 0) is 0 Å². The standard InChI is InChI=1S/C20H24N10O/c1-13-23-18(27-20(21)24-13)17-19(25-15-4-6-22-28-15)26-16-12-14(5-9-30(16)17)31-11-10-29-7-2-3-8-29/h4-6,9,12H,2-3,7-8,10-11H2,1H3,(H2,22,25,28)(H2,21,23,24,27). The van der Waals surface area contributed by atoms with Gasteiger partial charge < -0.3 is 15.8 Å². The fourth-order valence-electron chi connectivity index (χ4n) is 3.78. The highest BCUT2D eigenvalue weighted by Gasteiger charge is 2.19. The van der Waals surface area contributed by atoms with Crippen LogP contribution >= 0.6 is 0 Å². The van der Waals surface area contributed by atoms with E-state index < -0.39 is 0 Å². The normalized spacial score (nSPS) is 14.4. The van der Waals surface area contributed by atoms with Gasteiger partial charge in [0.05, 0.1) is 6.20 Å². The molecule has 0 saturated carbocycles. The Balaban J connectivity index is 1.48. The van der Waals surface area contributed by atoms with Crippen LogP contribution in [-0.4, -0.2) is 65.7 Å². The zero-order valence-electron chi connectivity index (χ0n) is 17.2. The van der Waals surface area contributed by atoms with Crippen LogP contribution in [0.15, 0.2) is 30.6 Å². The molecule has 1 fully saturated rings. The second kappa shape index (κ2) is 8.19. The molecular formula is C20H24N10O. The minimum Gasteiger partial charge on any atom is -0.492 e. The monoisotopic (exact) mass is 420 g/mol. The van der Waals surface area contributed by atoms with Crippen LogP contribution in [0.5, 0.6) is 5.75 Å². The summed E-state index contributed by atoms with van der Waals surface area (Å²) in [5.41, 5.74) is 7.25. The van der Waals surface area contributed by atoms with E-state index in [2.05, 4.69) is 35.4 Å². The first-order chi connectivity index (χ1) is 15.2. The number of imidazole rings is 1. The number of aryl methyl sites for hydroxylation is 1.